The van der Waals surface area contributed by atoms with Crippen molar-refractivity contribution in [2.45, 2.75) is 6.42 Å². The molecule has 1 saturated heterocycles. The maximum atomic E-state index is 11.9. The zero-order chi connectivity index (χ0) is 18.6. The molecule has 1 unspecified atom stereocenters. The minimum absolute atomic E-state index is 0.0520. The van der Waals surface area contributed by atoms with Gasteiger partial charge in [0.2, 0.25) is 5.91 Å². The molecule has 136 valence electrons. The van der Waals surface area contributed by atoms with Gasteiger partial charge < -0.3 is 10.2 Å². The van der Waals surface area contributed by atoms with Gasteiger partial charge in [-0.25, -0.2) is 0 Å². The summed E-state index contributed by atoms with van der Waals surface area (Å²) < 4.78 is 0. The number of nitrogens with one attached hydrogen (secondary N) is 1. The van der Waals surface area contributed by atoms with E-state index in [1.54, 1.807) is 24.5 Å². The number of rotatable bonds is 6. The second-order valence-electron chi connectivity index (χ2n) is 7.25. The summed E-state index contributed by atoms with van der Waals surface area (Å²) in [7, 11) is 0. The molecule has 0 spiro atoms. The van der Waals surface area contributed by atoms with E-state index in [0.717, 1.165) is 49.4 Å². The Balaban J connectivity index is 1.18. The van der Waals surface area contributed by atoms with Crippen molar-refractivity contribution in [1.82, 2.24) is 10.3 Å². The molecule has 5 nitrogen and oxygen atoms in total. The fraction of sp³-hybridized carbons (Fsp3) is 0.318. The van der Waals surface area contributed by atoms with Gasteiger partial charge in [0, 0.05) is 43.8 Å². The summed E-state index contributed by atoms with van der Waals surface area (Å²) in [6.07, 6.45) is 7.84. The Morgan fingerprint density at radius 1 is 1.26 bits per heavy atom. The number of hydrogen-bond donors (Lipinski definition) is 1. The quantitative estimate of drug-likeness (QED) is 0.806. The summed E-state index contributed by atoms with van der Waals surface area (Å²) in [5.41, 5.74) is 2.83. The number of hydrogen-bond acceptors (Lipinski definition) is 4. The van der Waals surface area contributed by atoms with Crippen molar-refractivity contribution >= 4 is 17.7 Å². The Morgan fingerprint density at radius 3 is 2.70 bits per heavy atom. The van der Waals surface area contributed by atoms with Gasteiger partial charge in [-0.05, 0) is 66.1 Å². The lowest BCUT2D eigenvalue weighted by molar-refractivity contribution is -0.116. The number of anilines is 1. The molecule has 4 rings (SSSR count). The molecule has 0 radical (unpaired) electrons. The van der Waals surface area contributed by atoms with Crippen LogP contribution in [-0.2, 0) is 4.79 Å². The fourth-order valence-corrected chi connectivity index (χ4v) is 4.10. The van der Waals surface area contributed by atoms with E-state index in [2.05, 4.69) is 21.3 Å². The largest absolute Gasteiger partial charge is 0.371 e. The SMILES string of the molecule is N#Cc1ccc(N2C[C@@H]3C(CCNC(=O)/C=C/c4cccnc4)[C@@H]3C2)cc1. The van der Waals surface area contributed by atoms with Gasteiger partial charge in [0.25, 0.3) is 0 Å². The van der Waals surface area contributed by atoms with Crippen molar-refractivity contribution < 1.29 is 4.79 Å². The minimum atomic E-state index is -0.0520. The number of pyridine rings is 1. The summed E-state index contributed by atoms with van der Waals surface area (Å²) in [6.45, 7) is 2.89. The third-order valence-electron chi connectivity index (χ3n) is 5.62. The first-order valence-electron chi connectivity index (χ1n) is 9.35. The minimum Gasteiger partial charge on any atom is -0.371 e. The molecule has 27 heavy (non-hydrogen) atoms. The molecule has 1 saturated carbocycles. The van der Waals surface area contributed by atoms with Crippen molar-refractivity contribution in [1.29, 1.82) is 5.26 Å². The first kappa shape index (κ1) is 17.3. The molecule has 3 atom stereocenters. The predicted octanol–water partition coefficient (Wildman–Crippen LogP) is 2.86. The summed E-state index contributed by atoms with van der Waals surface area (Å²) in [5, 5.41) is 11.9. The highest BCUT2D eigenvalue weighted by Crippen LogP contribution is 2.54. The highest BCUT2D eigenvalue weighted by molar-refractivity contribution is 5.91. The van der Waals surface area contributed by atoms with Crippen LogP contribution in [0.2, 0.25) is 0 Å². The molecular weight excluding hydrogens is 336 g/mol. The van der Waals surface area contributed by atoms with Crippen LogP contribution in [0.1, 0.15) is 17.5 Å². The average Bonchev–Trinajstić information content (AvgIpc) is 3.16. The zero-order valence-electron chi connectivity index (χ0n) is 15.1. The third-order valence-corrected chi connectivity index (χ3v) is 5.62. The highest BCUT2D eigenvalue weighted by Gasteiger charge is 2.54. The fourth-order valence-electron chi connectivity index (χ4n) is 4.10. The van der Waals surface area contributed by atoms with Crippen LogP contribution in [0.25, 0.3) is 6.08 Å². The molecule has 2 heterocycles. The van der Waals surface area contributed by atoms with Crippen LogP contribution in [0, 0.1) is 29.1 Å². The molecule has 2 aromatic rings. The number of nitrogens with zero attached hydrogens (tertiary/aromatic N) is 3. The van der Waals surface area contributed by atoms with Crippen LogP contribution in [0.3, 0.4) is 0 Å². The van der Waals surface area contributed by atoms with E-state index in [1.165, 1.54) is 5.69 Å². The maximum absolute atomic E-state index is 11.9. The van der Waals surface area contributed by atoms with E-state index < -0.39 is 0 Å². The van der Waals surface area contributed by atoms with Crippen LogP contribution < -0.4 is 10.2 Å². The summed E-state index contributed by atoms with van der Waals surface area (Å²) in [6, 6.07) is 13.8. The summed E-state index contributed by atoms with van der Waals surface area (Å²) in [4.78, 5) is 18.3. The van der Waals surface area contributed by atoms with E-state index in [1.807, 2.05) is 36.4 Å². The molecule has 1 aromatic carbocycles. The van der Waals surface area contributed by atoms with Crippen LogP contribution in [-0.4, -0.2) is 30.5 Å². The number of carbonyl (C=O) groups excluding carboxylic acids is 1. The van der Waals surface area contributed by atoms with Gasteiger partial charge in [-0.1, -0.05) is 6.07 Å². The number of fused-ring (bicyclic) bond motifs is 1. The number of amides is 1. The van der Waals surface area contributed by atoms with E-state index in [4.69, 9.17) is 5.26 Å². The van der Waals surface area contributed by atoms with Crippen molar-refractivity contribution in [3.63, 3.8) is 0 Å². The van der Waals surface area contributed by atoms with Gasteiger partial charge in [-0.15, -0.1) is 0 Å². The molecule has 2 fully saturated rings. The van der Waals surface area contributed by atoms with Gasteiger partial charge in [0.05, 0.1) is 11.6 Å². The lowest BCUT2D eigenvalue weighted by Crippen LogP contribution is -2.26. The number of aromatic nitrogens is 1. The third kappa shape index (κ3) is 4.01. The molecule has 1 amide bonds. The Hall–Kier alpha value is -3.13. The van der Waals surface area contributed by atoms with Crippen molar-refractivity contribution in [2.24, 2.45) is 17.8 Å². The van der Waals surface area contributed by atoms with Gasteiger partial charge >= 0.3 is 0 Å². The van der Waals surface area contributed by atoms with E-state index in [0.29, 0.717) is 5.56 Å². The molecule has 1 N–H and O–H groups in total. The van der Waals surface area contributed by atoms with Gasteiger partial charge in [-0.3, -0.25) is 9.78 Å². The molecule has 5 heteroatoms. The normalized spacial score (nSPS) is 23.1. The predicted molar refractivity (Wildman–Crippen MR) is 105 cm³/mol. The molecule has 1 aliphatic heterocycles. The first-order chi connectivity index (χ1) is 13.2. The van der Waals surface area contributed by atoms with E-state index >= 15 is 0 Å². The molecular formula is C22H22N4O. The number of benzene rings is 1. The lowest BCUT2D eigenvalue weighted by atomic mass is 10.1. The van der Waals surface area contributed by atoms with E-state index in [-0.39, 0.29) is 5.91 Å². The van der Waals surface area contributed by atoms with Crippen molar-refractivity contribution in [2.75, 3.05) is 24.5 Å². The number of nitriles is 1. The standard InChI is InChI=1S/C22H22N4O/c23-12-16-3-6-18(7-4-16)26-14-20-19(21(20)15-26)9-11-25-22(27)8-5-17-2-1-10-24-13-17/h1-8,10,13,19-21H,9,11,14-15H2,(H,25,27)/b8-5+/t19?,20-,21+. The summed E-state index contributed by atoms with van der Waals surface area (Å²) >= 11 is 0. The topological polar surface area (TPSA) is 69.0 Å². The Morgan fingerprint density at radius 2 is 2.04 bits per heavy atom. The molecule has 1 aliphatic carbocycles. The molecule has 1 aromatic heterocycles. The zero-order valence-corrected chi connectivity index (χ0v) is 15.1. The monoisotopic (exact) mass is 358 g/mol. The van der Waals surface area contributed by atoms with Crippen molar-refractivity contribution in [3.8, 4) is 6.07 Å². The molecule has 2 aliphatic rings. The smallest absolute Gasteiger partial charge is 0.244 e. The van der Waals surface area contributed by atoms with Crippen LogP contribution in [0.15, 0.2) is 54.9 Å². The van der Waals surface area contributed by atoms with Crippen LogP contribution >= 0.6 is 0 Å². The Kier molecular flexibility index (Phi) is 4.88. The first-order valence-corrected chi connectivity index (χ1v) is 9.35. The Bertz CT molecular complexity index is 857. The van der Waals surface area contributed by atoms with E-state index in [9.17, 15) is 4.79 Å². The number of piperidine rings is 1. The Labute approximate surface area is 159 Å². The van der Waals surface area contributed by atoms with Crippen LogP contribution in [0.4, 0.5) is 5.69 Å². The second kappa shape index (κ2) is 7.63. The second-order valence-corrected chi connectivity index (χ2v) is 7.25. The van der Waals surface area contributed by atoms with Gasteiger partial charge in [0.15, 0.2) is 0 Å². The molecule has 0 bridgehead atoms. The average molecular weight is 358 g/mol. The summed E-state index contributed by atoms with van der Waals surface area (Å²) in [5.74, 6) is 2.15. The lowest BCUT2D eigenvalue weighted by Gasteiger charge is -2.22. The maximum Gasteiger partial charge on any atom is 0.244 e. The van der Waals surface area contributed by atoms with Gasteiger partial charge in [0.1, 0.15) is 0 Å². The van der Waals surface area contributed by atoms with Crippen molar-refractivity contribution in [3.05, 3.63) is 66.0 Å². The van der Waals surface area contributed by atoms with Crippen LogP contribution in [0.5, 0.6) is 0 Å². The number of carbonyl (C=O) groups is 1. The highest BCUT2D eigenvalue weighted by atomic mass is 16.1. The van der Waals surface area contributed by atoms with Gasteiger partial charge in [-0.2, -0.15) is 5.26 Å².